The summed E-state index contributed by atoms with van der Waals surface area (Å²) < 4.78 is 24.6. The highest BCUT2D eigenvalue weighted by atomic mass is 32.2. The van der Waals surface area contributed by atoms with Crippen LogP contribution in [0.3, 0.4) is 0 Å². The van der Waals surface area contributed by atoms with E-state index in [4.69, 9.17) is 0 Å². The molecule has 2 amide bonds. The fraction of sp³-hybridized carbons (Fsp3) is 0.176. The van der Waals surface area contributed by atoms with Gasteiger partial charge in [0, 0.05) is 11.4 Å². The van der Waals surface area contributed by atoms with Crippen molar-refractivity contribution in [2.24, 2.45) is 5.10 Å². The molecule has 0 aliphatic heterocycles. The number of amides is 2. The van der Waals surface area contributed by atoms with Crippen LogP contribution in [0.15, 0.2) is 47.6 Å². The molecule has 25 heavy (non-hydrogen) atoms. The van der Waals surface area contributed by atoms with Crippen molar-refractivity contribution in [1.29, 1.82) is 0 Å². The van der Waals surface area contributed by atoms with Gasteiger partial charge in [-0.1, -0.05) is 30.3 Å². The number of para-hydroxylation sites is 1. The molecule has 0 aliphatic carbocycles. The summed E-state index contributed by atoms with van der Waals surface area (Å²) in [6.07, 6.45) is 2.55. The first-order valence-electron chi connectivity index (χ1n) is 7.49. The second-order valence-corrected chi connectivity index (χ2v) is 7.34. The second-order valence-electron chi connectivity index (χ2n) is 5.59. The number of carbonyl (C=O) groups excluding carboxylic acids is 1. The van der Waals surface area contributed by atoms with Gasteiger partial charge < -0.3 is 5.32 Å². The third-order valence-electron chi connectivity index (χ3n) is 3.31. The predicted molar refractivity (Wildman–Crippen MR) is 101 cm³/mol. The van der Waals surface area contributed by atoms with Gasteiger partial charge in [0.15, 0.2) is 0 Å². The molecule has 0 atom stereocenters. The zero-order valence-electron chi connectivity index (χ0n) is 14.2. The minimum atomic E-state index is -3.30. The van der Waals surface area contributed by atoms with Crippen LogP contribution in [0.1, 0.15) is 16.7 Å². The van der Waals surface area contributed by atoms with E-state index in [1.807, 2.05) is 32.0 Å². The maximum Gasteiger partial charge on any atom is 0.339 e. The molecule has 132 valence electrons. The first-order chi connectivity index (χ1) is 11.7. The van der Waals surface area contributed by atoms with Crippen molar-refractivity contribution in [3.05, 3.63) is 59.2 Å². The molecule has 0 spiro atoms. The molecule has 0 aromatic heterocycles. The van der Waals surface area contributed by atoms with Gasteiger partial charge >= 0.3 is 6.03 Å². The highest BCUT2D eigenvalue weighted by Crippen LogP contribution is 2.19. The number of hydrogen-bond donors (Lipinski definition) is 3. The van der Waals surface area contributed by atoms with Crippen molar-refractivity contribution in [2.45, 2.75) is 13.8 Å². The summed E-state index contributed by atoms with van der Waals surface area (Å²) in [5.74, 6) is 0. The Balaban J connectivity index is 1.93. The average Bonchev–Trinajstić information content (AvgIpc) is 2.51. The van der Waals surface area contributed by atoms with Gasteiger partial charge in [-0.05, 0) is 42.7 Å². The molecular weight excluding hydrogens is 340 g/mol. The number of hydrogen-bond acceptors (Lipinski definition) is 4. The van der Waals surface area contributed by atoms with E-state index >= 15 is 0 Å². The molecule has 0 heterocycles. The van der Waals surface area contributed by atoms with E-state index in [9.17, 15) is 13.2 Å². The lowest BCUT2D eigenvalue weighted by Crippen LogP contribution is -2.25. The van der Waals surface area contributed by atoms with E-state index in [0.29, 0.717) is 11.3 Å². The smallest absolute Gasteiger partial charge is 0.306 e. The molecule has 3 N–H and O–H groups in total. The average molecular weight is 360 g/mol. The molecule has 2 rings (SSSR count). The van der Waals surface area contributed by atoms with Crippen molar-refractivity contribution in [3.63, 3.8) is 0 Å². The van der Waals surface area contributed by atoms with E-state index in [-0.39, 0.29) is 0 Å². The van der Waals surface area contributed by atoms with Gasteiger partial charge in [-0.3, -0.25) is 4.72 Å². The van der Waals surface area contributed by atoms with Crippen LogP contribution in [-0.2, 0) is 10.0 Å². The van der Waals surface area contributed by atoms with Gasteiger partial charge in [-0.25, -0.2) is 18.6 Å². The number of anilines is 2. The molecule has 8 heteroatoms. The number of hydrazone groups is 1. The molecule has 0 saturated carbocycles. The van der Waals surface area contributed by atoms with Crippen LogP contribution < -0.4 is 15.5 Å². The fourth-order valence-corrected chi connectivity index (χ4v) is 2.73. The number of benzene rings is 2. The summed E-state index contributed by atoms with van der Waals surface area (Å²) in [4.78, 5) is 11.9. The molecule has 0 saturated heterocycles. The molecule has 0 radical (unpaired) electrons. The van der Waals surface area contributed by atoms with Crippen molar-refractivity contribution in [1.82, 2.24) is 5.43 Å². The summed E-state index contributed by atoms with van der Waals surface area (Å²) >= 11 is 0. The van der Waals surface area contributed by atoms with E-state index in [1.54, 1.807) is 24.3 Å². The molecule has 0 aliphatic rings. The number of rotatable bonds is 5. The zero-order chi connectivity index (χ0) is 18.4. The minimum Gasteiger partial charge on any atom is -0.306 e. The van der Waals surface area contributed by atoms with Crippen LogP contribution in [0.5, 0.6) is 0 Å². The number of nitrogens with one attached hydrogen (secondary N) is 3. The summed E-state index contributed by atoms with van der Waals surface area (Å²) in [6.45, 7) is 3.83. The Hall–Kier alpha value is -2.87. The van der Waals surface area contributed by atoms with E-state index in [1.165, 1.54) is 6.21 Å². The van der Waals surface area contributed by atoms with Gasteiger partial charge in [-0.15, -0.1) is 0 Å². The Bertz CT molecular complexity index is 870. The number of aryl methyl sites for hydroxylation is 2. The first-order valence-corrected chi connectivity index (χ1v) is 9.38. The third-order valence-corrected chi connectivity index (χ3v) is 3.92. The van der Waals surface area contributed by atoms with Gasteiger partial charge in [0.1, 0.15) is 0 Å². The van der Waals surface area contributed by atoms with Gasteiger partial charge in [-0.2, -0.15) is 5.10 Å². The molecule has 2 aromatic rings. The van der Waals surface area contributed by atoms with Crippen LogP contribution >= 0.6 is 0 Å². The topological polar surface area (TPSA) is 99.7 Å². The van der Waals surface area contributed by atoms with Crippen LogP contribution in [0.25, 0.3) is 0 Å². The summed E-state index contributed by atoms with van der Waals surface area (Å²) in [6, 6.07) is 11.9. The normalized spacial score (nSPS) is 11.3. The number of carbonyl (C=O) groups is 1. The van der Waals surface area contributed by atoms with Crippen molar-refractivity contribution >= 4 is 33.6 Å². The highest BCUT2D eigenvalue weighted by molar-refractivity contribution is 7.92. The lowest BCUT2D eigenvalue weighted by Gasteiger charge is -2.10. The first kappa shape index (κ1) is 18.5. The summed E-state index contributed by atoms with van der Waals surface area (Å²) in [7, 11) is -3.30. The summed E-state index contributed by atoms with van der Waals surface area (Å²) in [5, 5.41) is 6.63. The zero-order valence-corrected chi connectivity index (χ0v) is 15.0. The van der Waals surface area contributed by atoms with E-state index in [0.717, 1.165) is 23.1 Å². The van der Waals surface area contributed by atoms with Crippen LogP contribution in [-0.4, -0.2) is 26.9 Å². The van der Waals surface area contributed by atoms with E-state index in [2.05, 4.69) is 20.6 Å². The van der Waals surface area contributed by atoms with Gasteiger partial charge in [0.25, 0.3) is 0 Å². The van der Waals surface area contributed by atoms with Crippen molar-refractivity contribution < 1.29 is 13.2 Å². The Kier molecular flexibility index (Phi) is 5.76. The third kappa shape index (κ3) is 5.92. The Morgan fingerprint density at radius 2 is 1.64 bits per heavy atom. The lowest BCUT2D eigenvalue weighted by molar-refractivity contribution is 0.252. The monoisotopic (exact) mass is 360 g/mol. The quantitative estimate of drug-likeness (QED) is 0.565. The molecule has 7 nitrogen and oxygen atoms in total. The van der Waals surface area contributed by atoms with Gasteiger partial charge in [0.05, 0.1) is 12.5 Å². The number of nitrogens with zero attached hydrogens (tertiary/aromatic N) is 1. The maximum absolute atomic E-state index is 11.9. The van der Waals surface area contributed by atoms with Gasteiger partial charge in [0.2, 0.25) is 10.0 Å². The van der Waals surface area contributed by atoms with E-state index < -0.39 is 16.1 Å². The second kappa shape index (κ2) is 7.80. The standard InChI is InChI=1S/C17H20N4O3S/c1-12-5-4-6-13(2)16(12)19-17(22)20-18-11-14-7-9-15(10-8-14)21-25(3,23)24/h4-11,21H,1-3H3,(H2,19,20,22)/b18-11+. The van der Waals surface area contributed by atoms with Crippen molar-refractivity contribution in [3.8, 4) is 0 Å². The van der Waals surface area contributed by atoms with Crippen LogP contribution in [0, 0.1) is 13.8 Å². The Morgan fingerprint density at radius 3 is 2.20 bits per heavy atom. The predicted octanol–water partition coefficient (Wildman–Crippen LogP) is 2.83. The largest absolute Gasteiger partial charge is 0.339 e. The molecule has 0 bridgehead atoms. The molecule has 2 aromatic carbocycles. The fourth-order valence-electron chi connectivity index (χ4n) is 2.17. The molecule has 0 unspecified atom stereocenters. The minimum absolute atomic E-state index is 0.441. The maximum atomic E-state index is 11.9. The van der Waals surface area contributed by atoms with Crippen molar-refractivity contribution in [2.75, 3.05) is 16.3 Å². The Labute approximate surface area is 147 Å². The summed E-state index contributed by atoms with van der Waals surface area (Å²) in [5.41, 5.74) is 6.26. The highest BCUT2D eigenvalue weighted by Gasteiger charge is 2.05. The lowest BCUT2D eigenvalue weighted by atomic mass is 10.1. The number of urea groups is 1. The van der Waals surface area contributed by atoms with Crippen LogP contribution in [0.2, 0.25) is 0 Å². The SMILES string of the molecule is Cc1cccc(C)c1NC(=O)N/N=C/c1ccc(NS(C)(=O)=O)cc1. The number of sulfonamides is 1. The molecular formula is C17H20N4O3S. The molecule has 0 fully saturated rings. The Morgan fingerprint density at radius 1 is 1.04 bits per heavy atom. The van der Waals surface area contributed by atoms with Crippen LogP contribution in [0.4, 0.5) is 16.2 Å².